The summed E-state index contributed by atoms with van der Waals surface area (Å²) in [5.41, 5.74) is 3.49. The van der Waals surface area contributed by atoms with E-state index in [4.69, 9.17) is 19.3 Å². The van der Waals surface area contributed by atoms with Gasteiger partial charge in [-0.15, -0.1) is 0 Å². The average Bonchev–Trinajstić information content (AvgIpc) is 3.26. The predicted octanol–water partition coefficient (Wildman–Crippen LogP) is 5.50. The molecular weight excluding hydrogens is 558 g/mol. The lowest BCUT2D eigenvalue weighted by molar-refractivity contribution is -0.137. The summed E-state index contributed by atoms with van der Waals surface area (Å²) in [5.74, 6) is -1.76. The number of allylic oxidation sites excluding steroid dienone is 2. The Balaban J connectivity index is 1.75. The molecule has 202 valence electrons. The second kappa shape index (κ2) is 13.2. The maximum Gasteiger partial charge on any atom is 0.342 e. The van der Waals surface area contributed by atoms with Crippen LogP contribution in [0, 0.1) is 6.92 Å². The number of benzene rings is 2. The fourth-order valence-electron chi connectivity index (χ4n) is 4.12. The standard InChI is InChI=1S/C28H30BrNO8/c1-16(8-14-23(32)33)7-13-20-26(36-3)17(2)21-15-37-28(35)25(21)27(20)38-24(34)6-4-5-22(31)30-19-11-9-18(29)10-12-19/h7,9-12H,4-6,8,13-15H2,1-3H3,(H,30,31)(H,32,33). The minimum atomic E-state index is -0.897. The van der Waals surface area contributed by atoms with Crippen molar-refractivity contribution in [3.05, 3.63) is 62.6 Å². The zero-order valence-electron chi connectivity index (χ0n) is 21.5. The third-order valence-corrected chi connectivity index (χ3v) is 6.67. The number of cyclic esters (lactones) is 1. The van der Waals surface area contributed by atoms with Crippen LogP contribution in [-0.2, 0) is 32.1 Å². The number of halogens is 1. The van der Waals surface area contributed by atoms with E-state index in [-0.39, 0.29) is 55.9 Å². The monoisotopic (exact) mass is 587 g/mol. The Bertz CT molecular complexity index is 1270. The van der Waals surface area contributed by atoms with Crippen LogP contribution < -0.4 is 14.8 Å². The van der Waals surface area contributed by atoms with Crippen molar-refractivity contribution in [3.63, 3.8) is 0 Å². The first-order valence-electron chi connectivity index (χ1n) is 12.1. The summed E-state index contributed by atoms with van der Waals surface area (Å²) >= 11 is 3.34. The van der Waals surface area contributed by atoms with Gasteiger partial charge in [-0.3, -0.25) is 14.4 Å². The maximum atomic E-state index is 12.8. The molecule has 0 atom stereocenters. The van der Waals surface area contributed by atoms with Crippen LogP contribution in [0.2, 0.25) is 0 Å². The zero-order valence-corrected chi connectivity index (χ0v) is 23.1. The van der Waals surface area contributed by atoms with Crippen molar-refractivity contribution in [1.29, 1.82) is 0 Å². The first-order valence-corrected chi connectivity index (χ1v) is 12.9. The van der Waals surface area contributed by atoms with Crippen molar-refractivity contribution < 1.29 is 38.5 Å². The number of hydrogen-bond acceptors (Lipinski definition) is 7. The number of nitrogens with one attached hydrogen (secondary N) is 1. The second-order valence-electron chi connectivity index (χ2n) is 8.93. The molecule has 2 aromatic rings. The molecule has 0 spiro atoms. The van der Waals surface area contributed by atoms with Gasteiger partial charge in [0, 0.05) is 40.5 Å². The molecule has 0 radical (unpaired) electrons. The number of esters is 2. The topological polar surface area (TPSA) is 128 Å². The smallest absolute Gasteiger partial charge is 0.342 e. The Hall–Kier alpha value is -3.66. The largest absolute Gasteiger partial charge is 0.496 e. The molecule has 1 amide bonds. The van der Waals surface area contributed by atoms with E-state index < -0.39 is 17.9 Å². The summed E-state index contributed by atoms with van der Waals surface area (Å²) in [6.45, 7) is 3.67. The van der Waals surface area contributed by atoms with Crippen molar-refractivity contribution in [1.82, 2.24) is 0 Å². The van der Waals surface area contributed by atoms with E-state index in [1.165, 1.54) is 7.11 Å². The Kier molecular flexibility index (Phi) is 10.1. The molecule has 0 aromatic heterocycles. The van der Waals surface area contributed by atoms with E-state index in [1.54, 1.807) is 19.1 Å². The molecule has 0 aliphatic carbocycles. The number of carboxylic acids is 1. The predicted molar refractivity (Wildman–Crippen MR) is 143 cm³/mol. The lowest BCUT2D eigenvalue weighted by Crippen LogP contribution is -2.16. The van der Waals surface area contributed by atoms with Crippen LogP contribution in [-0.4, -0.2) is 36.0 Å². The highest BCUT2D eigenvalue weighted by atomic mass is 79.9. The number of fused-ring (bicyclic) bond motifs is 1. The molecule has 0 fully saturated rings. The molecule has 2 N–H and O–H groups in total. The van der Waals surface area contributed by atoms with Gasteiger partial charge in [0.25, 0.3) is 0 Å². The maximum absolute atomic E-state index is 12.8. The van der Waals surface area contributed by atoms with Gasteiger partial charge in [-0.1, -0.05) is 27.6 Å². The van der Waals surface area contributed by atoms with E-state index in [2.05, 4.69) is 21.2 Å². The van der Waals surface area contributed by atoms with Crippen LogP contribution in [0.5, 0.6) is 11.5 Å². The van der Waals surface area contributed by atoms with Crippen molar-refractivity contribution in [2.75, 3.05) is 12.4 Å². The van der Waals surface area contributed by atoms with Gasteiger partial charge in [0.15, 0.2) is 5.75 Å². The summed E-state index contributed by atoms with van der Waals surface area (Å²) in [7, 11) is 1.49. The van der Waals surface area contributed by atoms with Crippen LogP contribution >= 0.6 is 15.9 Å². The number of amides is 1. The Labute approximate surface area is 229 Å². The normalized spacial score (nSPS) is 12.5. The zero-order chi connectivity index (χ0) is 27.8. The molecule has 1 heterocycles. The Morgan fingerprint density at radius 1 is 1.11 bits per heavy atom. The molecular formula is C28H30BrNO8. The molecule has 0 saturated heterocycles. The quantitative estimate of drug-likeness (QED) is 0.189. The van der Waals surface area contributed by atoms with Gasteiger partial charge in [-0.25, -0.2) is 4.79 Å². The van der Waals surface area contributed by atoms with Gasteiger partial charge in [-0.05, 0) is 62.9 Å². The Morgan fingerprint density at radius 3 is 2.47 bits per heavy atom. The molecule has 10 heteroatoms. The fraction of sp³-hybridized carbons (Fsp3) is 0.357. The number of methoxy groups -OCH3 is 1. The lowest BCUT2D eigenvalue weighted by atomic mass is 9.94. The van der Waals surface area contributed by atoms with Crippen molar-refractivity contribution in [2.45, 2.75) is 59.0 Å². The van der Waals surface area contributed by atoms with Crippen molar-refractivity contribution in [3.8, 4) is 11.5 Å². The molecule has 1 aliphatic rings. The van der Waals surface area contributed by atoms with Gasteiger partial charge in [0.05, 0.1) is 7.11 Å². The molecule has 3 rings (SSSR count). The summed E-state index contributed by atoms with van der Waals surface area (Å²) in [6, 6.07) is 7.15. The number of carboxylic acid groups (broad SMARTS) is 1. The first-order chi connectivity index (χ1) is 18.1. The minimum absolute atomic E-state index is 0.00769. The fourth-order valence-corrected chi connectivity index (χ4v) is 4.38. The second-order valence-corrected chi connectivity index (χ2v) is 9.84. The number of aliphatic carboxylic acids is 1. The van der Waals surface area contributed by atoms with Crippen molar-refractivity contribution >= 4 is 45.4 Å². The lowest BCUT2D eigenvalue weighted by Gasteiger charge is -2.19. The van der Waals surface area contributed by atoms with Crippen LogP contribution in [0.25, 0.3) is 0 Å². The van der Waals surface area contributed by atoms with Crippen molar-refractivity contribution in [2.24, 2.45) is 0 Å². The molecule has 0 unspecified atom stereocenters. The highest BCUT2D eigenvalue weighted by Crippen LogP contribution is 2.43. The summed E-state index contributed by atoms with van der Waals surface area (Å²) in [4.78, 5) is 48.6. The third-order valence-electron chi connectivity index (χ3n) is 6.14. The first kappa shape index (κ1) is 28.9. The summed E-state index contributed by atoms with van der Waals surface area (Å²) < 4.78 is 17.5. The minimum Gasteiger partial charge on any atom is -0.496 e. The van der Waals surface area contributed by atoms with Crippen LogP contribution in [0.15, 0.2) is 40.4 Å². The summed E-state index contributed by atoms with van der Waals surface area (Å²) in [5, 5.41) is 11.7. The van der Waals surface area contributed by atoms with Gasteiger partial charge >= 0.3 is 17.9 Å². The molecule has 2 aromatic carbocycles. The number of anilines is 1. The SMILES string of the molecule is COc1c(C)c2c(c(OC(=O)CCCC(=O)Nc3ccc(Br)cc3)c1CC=C(C)CCC(=O)O)C(=O)OC2. The van der Waals surface area contributed by atoms with Gasteiger partial charge in [-0.2, -0.15) is 0 Å². The van der Waals surface area contributed by atoms with E-state index >= 15 is 0 Å². The molecule has 38 heavy (non-hydrogen) atoms. The van der Waals surface area contributed by atoms with Gasteiger partial charge in [0.1, 0.15) is 17.9 Å². The number of hydrogen-bond donors (Lipinski definition) is 2. The number of rotatable bonds is 12. The molecule has 1 aliphatic heterocycles. The van der Waals surface area contributed by atoms with Crippen LogP contribution in [0.3, 0.4) is 0 Å². The van der Waals surface area contributed by atoms with E-state index in [9.17, 15) is 19.2 Å². The average molecular weight is 588 g/mol. The van der Waals surface area contributed by atoms with E-state index in [0.29, 0.717) is 34.5 Å². The molecule has 9 nitrogen and oxygen atoms in total. The number of ether oxygens (including phenoxy) is 3. The van der Waals surface area contributed by atoms with E-state index in [0.717, 1.165) is 10.0 Å². The Morgan fingerprint density at radius 2 is 1.82 bits per heavy atom. The summed E-state index contributed by atoms with van der Waals surface area (Å²) in [6.07, 6.45) is 2.76. The van der Waals surface area contributed by atoms with E-state index in [1.807, 2.05) is 25.1 Å². The number of carbonyl (C=O) groups excluding carboxylic acids is 3. The van der Waals surface area contributed by atoms with Crippen LogP contribution in [0.4, 0.5) is 5.69 Å². The molecule has 0 saturated carbocycles. The highest BCUT2D eigenvalue weighted by Gasteiger charge is 2.34. The third kappa shape index (κ3) is 7.44. The van der Waals surface area contributed by atoms with Gasteiger partial charge in [0.2, 0.25) is 5.91 Å². The van der Waals surface area contributed by atoms with Gasteiger partial charge < -0.3 is 24.6 Å². The highest BCUT2D eigenvalue weighted by molar-refractivity contribution is 9.10. The number of carbonyl (C=O) groups is 4. The van der Waals surface area contributed by atoms with Crippen LogP contribution in [0.1, 0.15) is 66.1 Å². The molecule has 0 bridgehead atoms.